The van der Waals surface area contributed by atoms with Gasteiger partial charge in [-0.05, 0) is 11.8 Å². The predicted octanol–water partition coefficient (Wildman–Crippen LogP) is 0.103. The van der Waals surface area contributed by atoms with Gasteiger partial charge in [0, 0.05) is 0 Å². The Kier molecular flexibility index (Phi) is 5.72. The summed E-state index contributed by atoms with van der Waals surface area (Å²) in [5.74, 6) is 0.137. The zero-order chi connectivity index (χ0) is 11.3. The van der Waals surface area contributed by atoms with Crippen LogP contribution in [0.2, 0.25) is 0 Å². The average molecular weight is 202 g/mol. The van der Waals surface area contributed by atoms with Gasteiger partial charge in [0.2, 0.25) is 5.91 Å². The van der Waals surface area contributed by atoms with Crippen LogP contribution in [0.15, 0.2) is 0 Å². The summed E-state index contributed by atoms with van der Waals surface area (Å²) in [6, 6.07) is -0.699. The molecule has 0 aromatic rings. The lowest BCUT2D eigenvalue weighted by molar-refractivity contribution is -0.124. The molecular weight excluding hydrogens is 180 g/mol. The normalized spacial score (nSPS) is 15.7. The Labute approximate surface area is 85.9 Å². The van der Waals surface area contributed by atoms with Crippen molar-refractivity contribution in [2.45, 2.75) is 39.8 Å². The molecule has 0 spiro atoms. The molecule has 0 bridgehead atoms. The Bertz CT molecular complexity index is 181. The van der Waals surface area contributed by atoms with Crippen LogP contribution >= 0.6 is 0 Å². The van der Waals surface area contributed by atoms with Gasteiger partial charge in [0.1, 0.15) is 0 Å². The number of carbonyl (C=O) groups excluding carboxylic acids is 1. The number of nitrogens with two attached hydrogens (primary N) is 1. The van der Waals surface area contributed by atoms with Crippen molar-refractivity contribution in [2.24, 2.45) is 17.6 Å². The lowest BCUT2D eigenvalue weighted by atomic mass is 10.0. The standard InChI is InChI=1S/C10H22N2O2/c1-6(2)8(5-13)12-10(14)9(11)7(3)4/h6-9,13H,5,11H2,1-4H3,(H,12,14)/t8-,9?/m1/s1. The zero-order valence-corrected chi connectivity index (χ0v) is 9.45. The zero-order valence-electron chi connectivity index (χ0n) is 9.45. The third-order valence-electron chi connectivity index (χ3n) is 2.35. The van der Waals surface area contributed by atoms with Gasteiger partial charge in [-0.3, -0.25) is 4.79 Å². The van der Waals surface area contributed by atoms with Crippen LogP contribution in [0, 0.1) is 11.8 Å². The molecular formula is C10H22N2O2. The minimum absolute atomic E-state index is 0.0474. The average Bonchev–Trinajstić information content (AvgIpc) is 2.11. The molecule has 0 aliphatic carbocycles. The van der Waals surface area contributed by atoms with E-state index in [4.69, 9.17) is 10.8 Å². The molecule has 0 heterocycles. The number of rotatable bonds is 5. The smallest absolute Gasteiger partial charge is 0.237 e. The molecule has 0 saturated carbocycles. The van der Waals surface area contributed by atoms with Gasteiger partial charge in [0.05, 0.1) is 18.7 Å². The number of aliphatic hydroxyl groups excluding tert-OH is 1. The highest BCUT2D eigenvalue weighted by molar-refractivity contribution is 5.82. The Balaban J connectivity index is 4.15. The summed E-state index contributed by atoms with van der Waals surface area (Å²) in [5.41, 5.74) is 5.67. The number of carbonyl (C=O) groups is 1. The molecule has 4 nitrogen and oxygen atoms in total. The first-order valence-electron chi connectivity index (χ1n) is 5.07. The maximum Gasteiger partial charge on any atom is 0.237 e. The maximum absolute atomic E-state index is 11.5. The topological polar surface area (TPSA) is 75.4 Å². The minimum atomic E-state index is -0.497. The van der Waals surface area contributed by atoms with Crippen molar-refractivity contribution >= 4 is 5.91 Å². The number of hydrogen-bond donors (Lipinski definition) is 3. The van der Waals surface area contributed by atoms with Crippen molar-refractivity contribution in [2.75, 3.05) is 6.61 Å². The molecule has 2 atom stereocenters. The Morgan fingerprint density at radius 1 is 1.29 bits per heavy atom. The van der Waals surface area contributed by atoms with Gasteiger partial charge in [-0.2, -0.15) is 0 Å². The van der Waals surface area contributed by atoms with Crippen LogP contribution in [-0.4, -0.2) is 29.7 Å². The fourth-order valence-corrected chi connectivity index (χ4v) is 1.00. The van der Waals surface area contributed by atoms with Gasteiger partial charge < -0.3 is 16.2 Å². The molecule has 0 aromatic carbocycles. The monoisotopic (exact) mass is 202 g/mol. The molecule has 1 unspecified atom stereocenters. The second kappa shape index (κ2) is 5.98. The Hall–Kier alpha value is -0.610. The third kappa shape index (κ3) is 4.07. The van der Waals surface area contributed by atoms with E-state index in [2.05, 4.69) is 5.32 Å². The molecule has 0 aromatic heterocycles. The van der Waals surface area contributed by atoms with Crippen LogP contribution < -0.4 is 11.1 Å². The number of aliphatic hydroxyl groups is 1. The SMILES string of the molecule is CC(C)C(N)C(=O)N[C@H](CO)C(C)C. The number of amides is 1. The first kappa shape index (κ1) is 13.4. The van der Waals surface area contributed by atoms with Crippen LogP contribution in [0.4, 0.5) is 0 Å². The first-order chi connectivity index (χ1) is 6.40. The highest BCUT2D eigenvalue weighted by Gasteiger charge is 2.21. The Morgan fingerprint density at radius 2 is 1.79 bits per heavy atom. The summed E-state index contributed by atoms with van der Waals surface area (Å²) in [4.78, 5) is 11.5. The summed E-state index contributed by atoms with van der Waals surface area (Å²) >= 11 is 0. The molecule has 0 radical (unpaired) electrons. The molecule has 14 heavy (non-hydrogen) atoms. The van der Waals surface area contributed by atoms with E-state index in [-0.39, 0.29) is 30.4 Å². The summed E-state index contributed by atoms with van der Waals surface area (Å²) in [6.45, 7) is 7.64. The van der Waals surface area contributed by atoms with E-state index in [1.54, 1.807) is 0 Å². The second-order valence-electron chi connectivity index (χ2n) is 4.31. The summed E-state index contributed by atoms with van der Waals surface area (Å²) in [6.07, 6.45) is 0. The van der Waals surface area contributed by atoms with Gasteiger partial charge in [-0.1, -0.05) is 27.7 Å². The van der Waals surface area contributed by atoms with E-state index < -0.39 is 6.04 Å². The molecule has 0 saturated heterocycles. The van der Waals surface area contributed by atoms with E-state index in [1.807, 2.05) is 27.7 Å². The molecule has 4 N–H and O–H groups in total. The van der Waals surface area contributed by atoms with Crippen molar-refractivity contribution in [3.05, 3.63) is 0 Å². The molecule has 0 rings (SSSR count). The van der Waals surface area contributed by atoms with Gasteiger partial charge in [-0.25, -0.2) is 0 Å². The summed E-state index contributed by atoms with van der Waals surface area (Å²) in [7, 11) is 0. The first-order valence-corrected chi connectivity index (χ1v) is 5.07. The van der Waals surface area contributed by atoms with Crippen LogP contribution in [0.3, 0.4) is 0 Å². The molecule has 4 heteroatoms. The van der Waals surface area contributed by atoms with Crippen molar-refractivity contribution in [1.29, 1.82) is 0 Å². The minimum Gasteiger partial charge on any atom is -0.394 e. The number of nitrogens with one attached hydrogen (secondary N) is 1. The highest BCUT2D eigenvalue weighted by Crippen LogP contribution is 2.03. The quantitative estimate of drug-likeness (QED) is 0.592. The van der Waals surface area contributed by atoms with E-state index >= 15 is 0 Å². The van der Waals surface area contributed by atoms with Gasteiger partial charge in [0.15, 0.2) is 0 Å². The fourth-order valence-electron chi connectivity index (χ4n) is 1.00. The van der Waals surface area contributed by atoms with E-state index in [9.17, 15) is 4.79 Å². The molecule has 0 fully saturated rings. The van der Waals surface area contributed by atoms with Crippen LogP contribution in [0.1, 0.15) is 27.7 Å². The van der Waals surface area contributed by atoms with Gasteiger partial charge >= 0.3 is 0 Å². The second-order valence-corrected chi connectivity index (χ2v) is 4.31. The predicted molar refractivity (Wildman–Crippen MR) is 56.7 cm³/mol. The lowest BCUT2D eigenvalue weighted by Crippen LogP contribution is -2.50. The molecule has 0 aliphatic heterocycles. The fraction of sp³-hybridized carbons (Fsp3) is 0.900. The lowest BCUT2D eigenvalue weighted by Gasteiger charge is -2.23. The van der Waals surface area contributed by atoms with Crippen molar-refractivity contribution < 1.29 is 9.90 Å². The van der Waals surface area contributed by atoms with Crippen molar-refractivity contribution in [3.63, 3.8) is 0 Å². The third-order valence-corrected chi connectivity index (χ3v) is 2.35. The van der Waals surface area contributed by atoms with E-state index in [0.29, 0.717) is 0 Å². The van der Waals surface area contributed by atoms with Crippen LogP contribution in [-0.2, 0) is 4.79 Å². The van der Waals surface area contributed by atoms with Gasteiger partial charge in [0.25, 0.3) is 0 Å². The molecule has 1 amide bonds. The van der Waals surface area contributed by atoms with E-state index in [1.165, 1.54) is 0 Å². The van der Waals surface area contributed by atoms with Gasteiger partial charge in [-0.15, -0.1) is 0 Å². The molecule has 84 valence electrons. The summed E-state index contributed by atoms with van der Waals surface area (Å²) < 4.78 is 0. The molecule has 0 aliphatic rings. The largest absolute Gasteiger partial charge is 0.394 e. The van der Waals surface area contributed by atoms with Crippen molar-refractivity contribution in [3.8, 4) is 0 Å². The van der Waals surface area contributed by atoms with E-state index in [0.717, 1.165) is 0 Å². The van der Waals surface area contributed by atoms with Crippen LogP contribution in [0.25, 0.3) is 0 Å². The number of hydrogen-bond acceptors (Lipinski definition) is 3. The van der Waals surface area contributed by atoms with Crippen molar-refractivity contribution in [1.82, 2.24) is 5.32 Å². The Morgan fingerprint density at radius 3 is 2.07 bits per heavy atom. The van der Waals surface area contributed by atoms with Crippen LogP contribution in [0.5, 0.6) is 0 Å². The summed E-state index contributed by atoms with van der Waals surface area (Å²) in [5, 5.41) is 11.7. The maximum atomic E-state index is 11.5. The highest BCUT2D eigenvalue weighted by atomic mass is 16.3.